The molecule has 21 heavy (non-hydrogen) atoms. The van der Waals surface area contributed by atoms with E-state index < -0.39 is 0 Å². The summed E-state index contributed by atoms with van der Waals surface area (Å²) in [4.78, 5) is 25.1. The molecule has 0 aromatic heterocycles. The first kappa shape index (κ1) is 15.6. The van der Waals surface area contributed by atoms with Gasteiger partial charge in [-0.3, -0.25) is 9.59 Å². The van der Waals surface area contributed by atoms with Gasteiger partial charge in [0.2, 0.25) is 5.91 Å². The van der Waals surface area contributed by atoms with E-state index >= 15 is 0 Å². The van der Waals surface area contributed by atoms with Gasteiger partial charge in [-0.05, 0) is 24.6 Å². The average Bonchev–Trinajstić information content (AvgIpc) is 2.49. The lowest BCUT2D eigenvalue weighted by Crippen LogP contribution is -2.39. The number of benzene rings is 1. The summed E-state index contributed by atoms with van der Waals surface area (Å²) in [6.07, 6.45) is 3.11. The summed E-state index contributed by atoms with van der Waals surface area (Å²) in [5.74, 6) is 0.221. The number of unbranched alkanes of at least 4 members (excludes halogenated alkanes) is 2. The number of carbonyl (C=O) groups is 2. The van der Waals surface area contributed by atoms with Gasteiger partial charge in [-0.15, -0.1) is 11.6 Å². The van der Waals surface area contributed by atoms with Crippen LogP contribution in [0.1, 0.15) is 26.2 Å². The lowest BCUT2D eigenvalue weighted by molar-refractivity contribution is -0.121. The number of halogens is 1. The van der Waals surface area contributed by atoms with Gasteiger partial charge in [0.1, 0.15) is 11.6 Å². The Hall–Kier alpha value is -1.75. The highest BCUT2D eigenvalue weighted by Crippen LogP contribution is 2.34. The second kappa shape index (κ2) is 7.31. The summed E-state index contributed by atoms with van der Waals surface area (Å²) < 4.78 is 5.43. The van der Waals surface area contributed by atoms with Crippen LogP contribution in [-0.2, 0) is 9.59 Å². The molecule has 0 fully saturated rings. The number of anilines is 2. The van der Waals surface area contributed by atoms with E-state index in [4.69, 9.17) is 16.3 Å². The van der Waals surface area contributed by atoms with Crippen LogP contribution in [-0.4, -0.2) is 30.8 Å². The van der Waals surface area contributed by atoms with E-state index in [0.29, 0.717) is 23.7 Å². The third-order valence-corrected chi connectivity index (χ3v) is 3.54. The van der Waals surface area contributed by atoms with E-state index in [1.807, 2.05) is 0 Å². The van der Waals surface area contributed by atoms with Crippen LogP contribution in [0.4, 0.5) is 11.4 Å². The van der Waals surface area contributed by atoms with E-state index in [1.165, 1.54) is 0 Å². The molecule has 1 heterocycles. The Morgan fingerprint density at radius 1 is 1.43 bits per heavy atom. The molecule has 0 aliphatic carbocycles. The van der Waals surface area contributed by atoms with Crippen molar-refractivity contribution in [1.29, 1.82) is 0 Å². The van der Waals surface area contributed by atoms with Crippen LogP contribution < -0.4 is 15.0 Å². The maximum atomic E-state index is 12.0. The summed E-state index contributed by atoms with van der Waals surface area (Å²) in [5, 5.41) is 2.68. The third kappa shape index (κ3) is 3.88. The molecule has 0 spiro atoms. The van der Waals surface area contributed by atoms with Crippen molar-refractivity contribution in [3.63, 3.8) is 0 Å². The van der Waals surface area contributed by atoms with Gasteiger partial charge >= 0.3 is 0 Å². The lowest BCUT2D eigenvalue weighted by Gasteiger charge is -2.29. The summed E-state index contributed by atoms with van der Waals surface area (Å²) in [6, 6.07) is 5.25. The summed E-state index contributed by atoms with van der Waals surface area (Å²) in [6.45, 7) is 2.84. The van der Waals surface area contributed by atoms with Gasteiger partial charge in [0, 0.05) is 12.2 Å². The monoisotopic (exact) mass is 310 g/mol. The van der Waals surface area contributed by atoms with Crippen molar-refractivity contribution in [3.8, 4) is 5.75 Å². The van der Waals surface area contributed by atoms with Gasteiger partial charge in [0.25, 0.3) is 5.91 Å². The van der Waals surface area contributed by atoms with Crippen LogP contribution in [0.5, 0.6) is 5.75 Å². The van der Waals surface area contributed by atoms with Crippen LogP contribution >= 0.6 is 11.6 Å². The van der Waals surface area contributed by atoms with Crippen molar-refractivity contribution in [1.82, 2.24) is 0 Å². The van der Waals surface area contributed by atoms with Crippen molar-refractivity contribution >= 4 is 34.8 Å². The topological polar surface area (TPSA) is 58.6 Å². The predicted molar refractivity (Wildman–Crippen MR) is 83.2 cm³/mol. The largest absolute Gasteiger partial charge is 0.482 e. The SMILES string of the molecule is CCCCCN1C(=O)COc2ccc(NC(=O)CCl)cc21. The fourth-order valence-corrected chi connectivity index (χ4v) is 2.31. The highest BCUT2D eigenvalue weighted by molar-refractivity contribution is 6.29. The van der Waals surface area contributed by atoms with Crippen LogP contribution in [0.2, 0.25) is 0 Å². The van der Waals surface area contributed by atoms with Crippen LogP contribution in [0.25, 0.3) is 0 Å². The molecule has 0 bridgehead atoms. The van der Waals surface area contributed by atoms with Crippen LogP contribution in [0.15, 0.2) is 18.2 Å². The van der Waals surface area contributed by atoms with Gasteiger partial charge in [0.05, 0.1) is 5.69 Å². The maximum absolute atomic E-state index is 12.0. The van der Waals surface area contributed by atoms with Gasteiger partial charge < -0.3 is 15.0 Å². The Morgan fingerprint density at radius 3 is 2.95 bits per heavy atom. The van der Waals surface area contributed by atoms with E-state index in [1.54, 1.807) is 23.1 Å². The molecule has 114 valence electrons. The molecule has 0 saturated carbocycles. The van der Waals surface area contributed by atoms with Crippen molar-refractivity contribution in [3.05, 3.63) is 18.2 Å². The number of carbonyl (C=O) groups excluding carboxylic acids is 2. The maximum Gasteiger partial charge on any atom is 0.265 e. The lowest BCUT2D eigenvalue weighted by atomic mass is 10.1. The molecule has 0 atom stereocenters. The Bertz CT molecular complexity index is 534. The second-order valence-corrected chi connectivity index (χ2v) is 5.17. The molecular formula is C15H19ClN2O3. The Morgan fingerprint density at radius 2 is 2.24 bits per heavy atom. The summed E-state index contributed by atoms with van der Waals surface area (Å²) >= 11 is 5.48. The molecule has 1 aromatic carbocycles. The molecule has 0 saturated heterocycles. The zero-order valence-corrected chi connectivity index (χ0v) is 12.8. The average molecular weight is 311 g/mol. The van der Waals surface area contributed by atoms with E-state index in [-0.39, 0.29) is 24.3 Å². The molecular weight excluding hydrogens is 292 g/mol. The van der Waals surface area contributed by atoms with E-state index in [0.717, 1.165) is 19.3 Å². The third-order valence-electron chi connectivity index (χ3n) is 3.29. The highest BCUT2D eigenvalue weighted by atomic mass is 35.5. The highest BCUT2D eigenvalue weighted by Gasteiger charge is 2.25. The number of nitrogens with one attached hydrogen (secondary N) is 1. The van der Waals surface area contributed by atoms with Crippen molar-refractivity contribution < 1.29 is 14.3 Å². The number of rotatable bonds is 6. The summed E-state index contributed by atoms with van der Waals surface area (Å²) in [5.41, 5.74) is 1.31. The minimum absolute atomic E-state index is 0.0561. The van der Waals surface area contributed by atoms with Gasteiger partial charge in [-0.2, -0.15) is 0 Å². The van der Waals surface area contributed by atoms with Gasteiger partial charge in [-0.25, -0.2) is 0 Å². The first-order valence-corrected chi connectivity index (χ1v) is 7.62. The number of hydrogen-bond donors (Lipinski definition) is 1. The standard InChI is InChI=1S/C15H19ClN2O3/c1-2-3-4-7-18-12-8-11(17-14(19)9-16)5-6-13(12)21-10-15(18)20/h5-6,8H,2-4,7,9-10H2,1H3,(H,17,19). The molecule has 0 radical (unpaired) electrons. The number of amides is 2. The second-order valence-electron chi connectivity index (χ2n) is 4.91. The van der Waals surface area contributed by atoms with E-state index in [2.05, 4.69) is 12.2 Å². The summed E-state index contributed by atoms with van der Waals surface area (Å²) in [7, 11) is 0. The minimum atomic E-state index is -0.280. The fraction of sp³-hybridized carbons (Fsp3) is 0.467. The number of alkyl halides is 1. The Kier molecular flexibility index (Phi) is 5.44. The molecule has 1 N–H and O–H groups in total. The number of hydrogen-bond acceptors (Lipinski definition) is 3. The van der Waals surface area contributed by atoms with Crippen LogP contribution in [0.3, 0.4) is 0 Å². The predicted octanol–water partition coefficient (Wildman–Crippen LogP) is 2.78. The first-order valence-electron chi connectivity index (χ1n) is 7.08. The van der Waals surface area contributed by atoms with Crippen molar-refractivity contribution in [2.24, 2.45) is 0 Å². The Balaban J connectivity index is 2.20. The molecule has 5 nitrogen and oxygen atoms in total. The van der Waals surface area contributed by atoms with Crippen LogP contribution in [0, 0.1) is 0 Å². The molecule has 1 aliphatic heterocycles. The quantitative estimate of drug-likeness (QED) is 0.649. The number of nitrogens with zero attached hydrogens (tertiary/aromatic N) is 1. The fourth-order valence-electron chi connectivity index (χ4n) is 2.24. The van der Waals surface area contributed by atoms with Crippen molar-refractivity contribution in [2.75, 3.05) is 29.2 Å². The molecule has 6 heteroatoms. The zero-order valence-electron chi connectivity index (χ0n) is 12.0. The Labute approximate surface area is 129 Å². The molecule has 1 aliphatic rings. The normalized spacial score (nSPS) is 13.6. The molecule has 1 aromatic rings. The molecule has 2 rings (SSSR count). The molecule has 2 amide bonds. The molecule has 0 unspecified atom stereocenters. The van der Waals surface area contributed by atoms with Gasteiger partial charge in [0.15, 0.2) is 6.61 Å². The minimum Gasteiger partial charge on any atom is -0.482 e. The first-order chi connectivity index (χ1) is 10.2. The number of ether oxygens (including phenoxy) is 1. The zero-order chi connectivity index (χ0) is 15.2. The van der Waals surface area contributed by atoms with Crippen molar-refractivity contribution in [2.45, 2.75) is 26.2 Å². The smallest absolute Gasteiger partial charge is 0.265 e. The number of fused-ring (bicyclic) bond motifs is 1. The van der Waals surface area contributed by atoms with Gasteiger partial charge in [-0.1, -0.05) is 19.8 Å². The van der Waals surface area contributed by atoms with E-state index in [9.17, 15) is 9.59 Å².